The molecular weight excluding hydrogens is 248 g/mol. The normalized spacial score (nSPS) is 26.2. The van der Waals surface area contributed by atoms with Crippen molar-refractivity contribution in [2.75, 3.05) is 6.54 Å². The van der Waals surface area contributed by atoms with Gasteiger partial charge in [0, 0.05) is 24.2 Å². The number of hydrogen-bond donors (Lipinski definition) is 1. The number of piperidine rings is 1. The first kappa shape index (κ1) is 13.6. The van der Waals surface area contributed by atoms with E-state index in [0.717, 1.165) is 37.9 Å². The highest BCUT2D eigenvalue weighted by Gasteiger charge is 2.31. The Labute approximate surface area is 121 Å². The van der Waals surface area contributed by atoms with E-state index in [4.69, 9.17) is 0 Å². The van der Waals surface area contributed by atoms with Gasteiger partial charge in [-0.25, -0.2) is 0 Å². The smallest absolute Gasteiger partial charge is 0.254 e. The molecule has 108 valence electrons. The number of carbonyl (C=O) groups excluding carboxylic acids is 1. The van der Waals surface area contributed by atoms with Gasteiger partial charge in [-0.05, 0) is 63.3 Å². The van der Waals surface area contributed by atoms with E-state index in [1.165, 1.54) is 17.5 Å². The molecule has 0 aliphatic carbocycles. The van der Waals surface area contributed by atoms with Crippen LogP contribution >= 0.6 is 0 Å². The molecule has 1 aromatic carbocycles. The molecule has 1 fully saturated rings. The summed E-state index contributed by atoms with van der Waals surface area (Å²) in [5.41, 5.74) is 3.49. The van der Waals surface area contributed by atoms with Gasteiger partial charge < -0.3 is 10.2 Å². The number of fused-ring (bicyclic) bond motifs is 1. The summed E-state index contributed by atoms with van der Waals surface area (Å²) < 4.78 is 0. The minimum atomic E-state index is 0.239. The average molecular weight is 272 g/mol. The number of benzene rings is 1. The molecule has 3 heteroatoms. The molecule has 0 aromatic heterocycles. The first-order chi connectivity index (χ1) is 9.68. The van der Waals surface area contributed by atoms with Crippen molar-refractivity contribution in [3.63, 3.8) is 0 Å². The zero-order chi connectivity index (χ0) is 14.1. The molecule has 0 saturated carbocycles. The number of rotatable bonds is 1. The first-order valence-electron chi connectivity index (χ1n) is 7.82. The minimum Gasteiger partial charge on any atom is -0.333 e. The average Bonchev–Trinajstić information content (AvgIpc) is 2.46. The summed E-state index contributed by atoms with van der Waals surface area (Å²) in [5.74, 6) is 0.239. The van der Waals surface area contributed by atoms with Gasteiger partial charge in [-0.2, -0.15) is 0 Å². The highest BCUT2D eigenvalue weighted by Crippen LogP contribution is 2.27. The molecule has 3 nitrogen and oxygen atoms in total. The predicted molar refractivity (Wildman–Crippen MR) is 80.8 cm³/mol. The van der Waals surface area contributed by atoms with Crippen LogP contribution in [0.25, 0.3) is 0 Å². The zero-order valence-corrected chi connectivity index (χ0v) is 12.5. The molecule has 1 saturated heterocycles. The van der Waals surface area contributed by atoms with Gasteiger partial charge in [0.2, 0.25) is 0 Å². The number of amides is 1. The Balaban J connectivity index is 1.94. The third-order valence-corrected chi connectivity index (χ3v) is 4.80. The SMILES string of the molecule is CC1CCCC(C)N1C(=O)c1cccc2c1CCNC2. The molecular formula is C17H24N2O. The quantitative estimate of drug-likeness (QED) is 0.852. The second-order valence-corrected chi connectivity index (χ2v) is 6.21. The summed E-state index contributed by atoms with van der Waals surface area (Å²) >= 11 is 0. The van der Waals surface area contributed by atoms with Crippen molar-refractivity contribution in [2.45, 2.75) is 58.2 Å². The molecule has 0 bridgehead atoms. The van der Waals surface area contributed by atoms with Crippen molar-refractivity contribution < 1.29 is 4.79 Å². The van der Waals surface area contributed by atoms with Crippen LogP contribution in [-0.2, 0) is 13.0 Å². The zero-order valence-electron chi connectivity index (χ0n) is 12.5. The summed E-state index contributed by atoms with van der Waals surface area (Å²) in [6.45, 7) is 6.24. The van der Waals surface area contributed by atoms with Crippen LogP contribution in [0.2, 0.25) is 0 Å². The van der Waals surface area contributed by atoms with Crippen LogP contribution < -0.4 is 5.32 Å². The largest absolute Gasteiger partial charge is 0.333 e. The number of likely N-dealkylation sites (tertiary alicyclic amines) is 1. The molecule has 2 unspecified atom stereocenters. The van der Waals surface area contributed by atoms with Gasteiger partial charge in [-0.1, -0.05) is 12.1 Å². The maximum absolute atomic E-state index is 13.0. The Morgan fingerprint density at radius 1 is 1.25 bits per heavy atom. The monoisotopic (exact) mass is 272 g/mol. The Hall–Kier alpha value is -1.35. The van der Waals surface area contributed by atoms with Crippen molar-refractivity contribution in [2.24, 2.45) is 0 Å². The third kappa shape index (κ3) is 2.35. The first-order valence-corrected chi connectivity index (χ1v) is 7.82. The van der Waals surface area contributed by atoms with Crippen LogP contribution in [0, 0.1) is 0 Å². The van der Waals surface area contributed by atoms with Crippen molar-refractivity contribution in [3.8, 4) is 0 Å². The van der Waals surface area contributed by atoms with E-state index >= 15 is 0 Å². The van der Waals surface area contributed by atoms with Gasteiger partial charge in [-0.15, -0.1) is 0 Å². The topological polar surface area (TPSA) is 32.3 Å². The molecule has 2 aliphatic heterocycles. The summed E-state index contributed by atoms with van der Waals surface area (Å²) in [5, 5.41) is 3.38. The fourth-order valence-corrected chi connectivity index (χ4v) is 3.69. The fraction of sp³-hybridized carbons (Fsp3) is 0.588. The van der Waals surface area contributed by atoms with Crippen LogP contribution in [0.4, 0.5) is 0 Å². The van der Waals surface area contributed by atoms with Crippen LogP contribution in [-0.4, -0.2) is 29.4 Å². The fourth-order valence-electron chi connectivity index (χ4n) is 3.69. The van der Waals surface area contributed by atoms with E-state index in [2.05, 4.69) is 30.1 Å². The lowest BCUT2D eigenvalue weighted by atomic mass is 9.92. The predicted octanol–water partition coefficient (Wildman–Crippen LogP) is 2.74. The van der Waals surface area contributed by atoms with Gasteiger partial charge >= 0.3 is 0 Å². The van der Waals surface area contributed by atoms with E-state index in [-0.39, 0.29) is 5.91 Å². The van der Waals surface area contributed by atoms with Crippen LogP contribution in [0.5, 0.6) is 0 Å². The van der Waals surface area contributed by atoms with E-state index in [9.17, 15) is 4.79 Å². The van der Waals surface area contributed by atoms with Crippen molar-refractivity contribution >= 4 is 5.91 Å². The van der Waals surface area contributed by atoms with Crippen LogP contribution in [0.1, 0.15) is 54.6 Å². The van der Waals surface area contributed by atoms with Crippen LogP contribution in [0.15, 0.2) is 18.2 Å². The van der Waals surface area contributed by atoms with Crippen molar-refractivity contribution in [1.29, 1.82) is 0 Å². The summed E-state index contributed by atoms with van der Waals surface area (Å²) in [6.07, 6.45) is 4.47. The van der Waals surface area contributed by atoms with Crippen LogP contribution in [0.3, 0.4) is 0 Å². The minimum absolute atomic E-state index is 0.239. The number of nitrogens with one attached hydrogen (secondary N) is 1. The molecule has 1 aromatic rings. The second-order valence-electron chi connectivity index (χ2n) is 6.21. The van der Waals surface area contributed by atoms with Gasteiger partial charge in [0.1, 0.15) is 0 Å². The van der Waals surface area contributed by atoms with E-state index in [1.807, 2.05) is 12.1 Å². The molecule has 2 heterocycles. The molecule has 0 spiro atoms. The standard InChI is InChI=1S/C17H24N2O/c1-12-5-3-6-13(2)19(12)17(20)16-8-4-7-14-11-18-10-9-15(14)16/h4,7-8,12-13,18H,3,5-6,9-11H2,1-2H3. The number of nitrogens with zero attached hydrogens (tertiary/aromatic N) is 1. The maximum atomic E-state index is 13.0. The third-order valence-electron chi connectivity index (χ3n) is 4.80. The molecule has 2 atom stereocenters. The molecule has 3 rings (SSSR count). The highest BCUT2D eigenvalue weighted by atomic mass is 16.2. The summed E-state index contributed by atoms with van der Waals surface area (Å²) in [7, 11) is 0. The Bertz CT molecular complexity index is 502. The lowest BCUT2D eigenvalue weighted by Gasteiger charge is -2.39. The second kappa shape index (κ2) is 5.57. The Morgan fingerprint density at radius 3 is 2.75 bits per heavy atom. The van der Waals surface area contributed by atoms with E-state index in [1.54, 1.807) is 0 Å². The maximum Gasteiger partial charge on any atom is 0.254 e. The lowest BCUT2D eigenvalue weighted by molar-refractivity contribution is 0.0509. The van der Waals surface area contributed by atoms with Gasteiger partial charge in [0.15, 0.2) is 0 Å². The molecule has 2 aliphatic rings. The molecule has 0 radical (unpaired) electrons. The van der Waals surface area contributed by atoms with Gasteiger partial charge in [0.05, 0.1) is 0 Å². The summed E-state index contributed by atoms with van der Waals surface area (Å²) in [6, 6.07) is 6.91. The highest BCUT2D eigenvalue weighted by molar-refractivity contribution is 5.96. The Kier molecular flexibility index (Phi) is 3.79. The number of carbonyl (C=O) groups is 1. The molecule has 1 amide bonds. The van der Waals surface area contributed by atoms with Gasteiger partial charge in [-0.3, -0.25) is 4.79 Å². The Morgan fingerprint density at radius 2 is 2.00 bits per heavy atom. The van der Waals surface area contributed by atoms with Crippen molar-refractivity contribution in [1.82, 2.24) is 10.2 Å². The molecule has 20 heavy (non-hydrogen) atoms. The summed E-state index contributed by atoms with van der Waals surface area (Å²) in [4.78, 5) is 15.1. The molecule has 1 N–H and O–H groups in total. The van der Waals surface area contributed by atoms with E-state index < -0.39 is 0 Å². The number of hydrogen-bond acceptors (Lipinski definition) is 2. The van der Waals surface area contributed by atoms with Gasteiger partial charge in [0.25, 0.3) is 5.91 Å². The van der Waals surface area contributed by atoms with E-state index in [0.29, 0.717) is 12.1 Å². The lowest BCUT2D eigenvalue weighted by Crippen LogP contribution is -2.48. The van der Waals surface area contributed by atoms with Crippen molar-refractivity contribution in [3.05, 3.63) is 34.9 Å².